The van der Waals surface area contributed by atoms with E-state index < -0.39 is 0 Å². The highest BCUT2D eigenvalue weighted by Crippen LogP contribution is 2.38. The molecule has 5 nitrogen and oxygen atoms in total. The molecule has 0 saturated carbocycles. The number of thiophene rings is 1. The monoisotopic (exact) mass is 445 g/mol. The first-order chi connectivity index (χ1) is 10.5. The van der Waals surface area contributed by atoms with E-state index in [1.54, 1.807) is 18.2 Å². The average molecular weight is 447 g/mol. The first-order valence-electron chi connectivity index (χ1n) is 6.16. The van der Waals surface area contributed by atoms with Gasteiger partial charge in [-0.1, -0.05) is 0 Å². The van der Waals surface area contributed by atoms with Gasteiger partial charge in [-0.25, -0.2) is 0 Å². The summed E-state index contributed by atoms with van der Waals surface area (Å²) < 4.78 is 12.2. The van der Waals surface area contributed by atoms with E-state index in [0.29, 0.717) is 27.6 Å². The smallest absolute Gasteiger partial charge is 0.265 e. The van der Waals surface area contributed by atoms with E-state index in [4.69, 9.17) is 9.47 Å². The summed E-state index contributed by atoms with van der Waals surface area (Å²) in [5.74, 6) is 0.554. The summed E-state index contributed by atoms with van der Waals surface area (Å²) in [7, 11) is 0. The van der Waals surface area contributed by atoms with Crippen molar-refractivity contribution >= 4 is 60.6 Å². The van der Waals surface area contributed by atoms with Gasteiger partial charge < -0.3 is 14.8 Å². The molecule has 0 unspecified atom stereocenters. The number of fused-ring (bicyclic) bond motifs is 1. The van der Waals surface area contributed by atoms with Crippen LogP contribution in [0, 0.1) is 0 Å². The van der Waals surface area contributed by atoms with Gasteiger partial charge in [-0.3, -0.25) is 9.59 Å². The Bertz CT molecular complexity index is 768. The zero-order valence-corrected chi connectivity index (χ0v) is 15.2. The first kappa shape index (κ1) is 15.5. The molecule has 0 fully saturated rings. The Morgan fingerprint density at radius 2 is 1.86 bits per heavy atom. The molecule has 0 bridgehead atoms. The third-order valence-electron chi connectivity index (χ3n) is 3.01. The molecule has 1 aromatic carbocycles. The van der Waals surface area contributed by atoms with Gasteiger partial charge in [-0.05, 0) is 50.9 Å². The van der Waals surface area contributed by atoms with Crippen molar-refractivity contribution < 1.29 is 19.1 Å². The van der Waals surface area contributed by atoms with Crippen molar-refractivity contribution in [1.82, 2.24) is 0 Å². The number of anilines is 1. The Morgan fingerprint density at radius 3 is 2.45 bits per heavy atom. The second-order valence-corrected chi connectivity index (χ2v) is 7.72. The van der Waals surface area contributed by atoms with Gasteiger partial charge in [0, 0.05) is 16.1 Å². The molecular weight excluding hydrogens is 438 g/mol. The van der Waals surface area contributed by atoms with Gasteiger partial charge >= 0.3 is 0 Å². The minimum atomic E-state index is -0.294. The average Bonchev–Trinajstić information content (AvgIpc) is 3.04. The highest BCUT2D eigenvalue weighted by molar-refractivity contribution is 9.13. The SMILES string of the molecule is CC(=O)c1cc2c(cc1NC(=O)c1cc(Br)c(Br)s1)OCO2. The van der Waals surface area contributed by atoms with E-state index in [-0.39, 0.29) is 18.5 Å². The van der Waals surface area contributed by atoms with Crippen LogP contribution in [0.1, 0.15) is 27.0 Å². The Morgan fingerprint density at radius 1 is 1.18 bits per heavy atom. The van der Waals surface area contributed by atoms with E-state index in [1.165, 1.54) is 18.3 Å². The van der Waals surface area contributed by atoms with Gasteiger partial charge in [0.2, 0.25) is 6.79 Å². The number of nitrogens with one attached hydrogen (secondary N) is 1. The largest absolute Gasteiger partial charge is 0.454 e. The summed E-state index contributed by atoms with van der Waals surface area (Å²) in [5.41, 5.74) is 0.787. The Labute approximate surface area is 146 Å². The second-order valence-electron chi connectivity index (χ2n) is 4.49. The lowest BCUT2D eigenvalue weighted by Crippen LogP contribution is -2.13. The maximum absolute atomic E-state index is 12.3. The summed E-state index contributed by atoms with van der Waals surface area (Å²) >= 11 is 7.99. The molecule has 2 heterocycles. The summed E-state index contributed by atoms with van der Waals surface area (Å²) in [6.45, 7) is 1.54. The van der Waals surface area contributed by atoms with Gasteiger partial charge in [0.05, 0.1) is 14.4 Å². The van der Waals surface area contributed by atoms with E-state index in [1.807, 2.05) is 0 Å². The third kappa shape index (κ3) is 2.90. The van der Waals surface area contributed by atoms with Crippen molar-refractivity contribution in [2.75, 3.05) is 12.1 Å². The van der Waals surface area contributed by atoms with Gasteiger partial charge in [0.15, 0.2) is 17.3 Å². The molecule has 0 radical (unpaired) electrons. The number of ketones is 1. The number of halogens is 2. The Balaban J connectivity index is 1.94. The molecule has 0 aliphatic carbocycles. The number of carbonyl (C=O) groups excluding carboxylic acids is 2. The molecular formula is C14H9Br2NO4S. The Kier molecular flexibility index (Phi) is 4.24. The van der Waals surface area contributed by atoms with Crippen molar-refractivity contribution in [2.45, 2.75) is 6.92 Å². The molecule has 8 heteroatoms. The van der Waals surface area contributed by atoms with Crippen molar-refractivity contribution in [3.8, 4) is 11.5 Å². The first-order valence-corrected chi connectivity index (χ1v) is 8.56. The molecule has 1 aliphatic heterocycles. The number of amides is 1. The molecule has 1 aliphatic rings. The van der Waals surface area contributed by atoms with Crippen LogP contribution in [0.15, 0.2) is 26.5 Å². The van der Waals surface area contributed by atoms with E-state index in [0.717, 1.165) is 8.26 Å². The number of ether oxygens (including phenoxy) is 2. The minimum Gasteiger partial charge on any atom is -0.454 e. The van der Waals surface area contributed by atoms with Gasteiger partial charge in [0.25, 0.3) is 5.91 Å². The topological polar surface area (TPSA) is 64.6 Å². The molecule has 1 amide bonds. The number of rotatable bonds is 3. The summed E-state index contributed by atoms with van der Waals surface area (Å²) in [5, 5.41) is 2.75. The number of Topliss-reactive ketones (excluding diaryl/α,β-unsaturated/α-hetero) is 1. The summed E-state index contributed by atoms with van der Waals surface area (Å²) in [6, 6.07) is 4.90. The van der Waals surface area contributed by atoms with Crippen LogP contribution in [0.3, 0.4) is 0 Å². The molecule has 0 atom stereocenters. The fraction of sp³-hybridized carbons (Fsp3) is 0.143. The van der Waals surface area contributed by atoms with Crippen molar-refractivity contribution in [3.63, 3.8) is 0 Å². The lowest BCUT2D eigenvalue weighted by molar-refractivity contribution is 0.101. The van der Waals surface area contributed by atoms with Crippen LogP contribution < -0.4 is 14.8 Å². The van der Waals surface area contributed by atoms with Crippen LogP contribution in [0.5, 0.6) is 11.5 Å². The second kappa shape index (κ2) is 6.02. The lowest BCUT2D eigenvalue weighted by Gasteiger charge is -2.09. The molecule has 0 saturated heterocycles. The van der Waals surface area contributed by atoms with Crippen LogP contribution in [-0.2, 0) is 0 Å². The quantitative estimate of drug-likeness (QED) is 0.707. The maximum Gasteiger partial charge on any atom is 0.265 e. The molecule has 1 aromatic heterocycles. The van der Waals surface area contributed by atoms with Gasteiger partial charge in [-0.2, -0.15) is 0 Å². The van der Waals surface area contributed by atoms with Crippen LogP contribution in [0.25, 0.3) is 0 Å². The molecule has 3 rings (SSSR count). The van der Waals surface area contributed by atoms with E-state index in [9.17, 15) is 9.59 Å². The highest BCUT2D eigenvalue weighted by Gasteiger charge is 2.21. The molecule has 2 aromatic rings. The molecule has 114 valence electrons. The molecule has 1 N–H and O–H groups in total. The fourth-order valence-corrected chi connectivity index (χ4v) is 3.91. The van der Waals surface area contributed by atoms with Gasteiger partial charge in [-0.15, -0.1) is 11.3 Å². The van der Waals surface area contributed by atoms with Crippen molar-refractivity contribution in [1.29, 1.82) is 0 Å². The predicted octanol–water partition coefficient (Wildman–Crippen LogP) is 4.46. The normalized spacial score (nSPS) is 12.3. The van der Waals surface area contributed by atoms with Gasteiger partial charge in [0.1, 0.15) is 0 Å². The van der Waals surface area contributed by atoms with Crippen LogP contribution in [0.2, 0.25) is 0 Å². The van der Waals surface area contributed by atoms with Crippen LogP contribution >= 0.6 is 43.2 Å². The third-order valence-corrected chi connectivity index (χ3v) is 6.26. The number of hydrogen-bond donors (Lipinski definition) is 1. The van der Waals surface area contributed by atoms with E-state index in [2.05, 4.69) is 37.2 Å². The summed E-state index contributed by atoms with van der Waals surface area (Å²) in [6.07, 6.45) is 0. The van der Waals surface area contributed by atoms with E-state index >= 15 is 0 Å². The number of carbonyl (C=O) groups is 2. The highest BCUT2D eigenvalue weighted by atomic mass is 79.9. The zero-order chi connectivity index (χ0) is 15.9. The fourth-order valence-electron chi connectivity index (χ4n) is 1.98. The minimum absolute atomic E-state index is 0.106. The van der Waals surface area contributed by atoms with Crippen LogP contribution in [-0.4, -0.2) is 18.5 Å². The number of hydrogen-bond acceptors (Lipinski definition) is 5. The van der Waals surface area contributed by atoms with Crippen LogP contribution in [0.4, 0.5) is 5.69 Å². The van der Waals surface area contributed by atoms with Crippen molar-refractivity contribution in [2.24, 2.45) is 0 Å². The molecule has 0 spiro atoms. The predicted molar refractivity (Wildman–Crippen MR) is 90.2 cm³/mol. The lowest BCUT2D eigenvalue weighted by atomic mass is 10.1. The Hall–Kier alpha value is -1.38. The maximum atomic E-state index is 12.3. The zero-order valence-electron chi connectivity index (χ0n) is 11.2. The standard InChI is InChI=1S/C14H9Br2NO4S/c1-6(18)7-2-10-11(21-5-20-10)4-9(7)17-14(19)12-3-8(15)13(16)22-12/h2-4H,5H2,1H3,(H,17,19). The number of benzene rings is 1. The molecule has 22 heavy (non-hydrogen) atoms. The van der Waals surface area contributed by atoms with Crippen molar-refractivity contribution in [3.05, 3.63) is 36.9 Å². The summed E-state index contributed by atoms with van der Waals surface area (Å²) in [4.78, 5) is 24.6.